The molecule has 0 saturated carbocycles. The molecule has 1 aliphatic rings. The normalized spacial score (nSPS) is 22.8. The molecule has 13 heavy (non-hydrogen) atoms. The lowest BCUT2D eigenvalue weighted by atomic mass is 9.95. The molecule has 1 unspecified atom stereocenters. The maximum atomic E-state index is 11.7. The lowest BCUT2D eigenvalue weighted by Crippen LogP contribution is -2.39. The van der Waals surface area contributed by atoms with Crippen LogP contribution in [0.2, 0.25) is 0 Å². The Labute approximate surface area is 86.1 Å². The Bertz CT molecular complexity index is 189. The van der Waals surface area contributed by atoms with Gasteiger partial charge in [-0.3, -0.25) is 4.79 Å². The maximum Gasteiger partial charge on any atom is 0.228 e. The van der Waals surface area contributed by atoms with Crippen molar-refractivity contribution in [2.24, 2.45) is 11.1 Å². The molecule has 3 nitrogen and oxygen atoms in total. The van der Waals surface area contributed by atoms with Gasteiger partial charge in [0.2, 0.25) is 5.91 Å². The fraction of sp³-hybridized carbons (Fsp3) is 0.889. The number of carbonyl (C=O) groups excluding carboxylic acids is 1. The van der Waals surface area contributed by atoms with Gasteiger partial charge >= 0.3 is 0 Å². The van der Waals surface area contributed by atoms with Gasteiger partial charge in [0.1, 0.15) is 0 Å². The van der Waals surface area contributed by atoms with Crippen molar-refractivity contribution in [1.82, 2.24) is 4.90 Å². The highest BCUT2D eigenvalue weighted by atomic mass is 35.5. The molecular formula is C9H19ClN2O. The fourth-order valence-electron chi connectivity index (χ4n) is 1.45. The minimum absolute atomic E-state index is 0. The van der Waals surface area contributed by atoms with Crippen molar-refractivity contribution >= 4 is 18.3 Å². The number of nitrogens with zero attached hydrogens (tertiary/aromatic N) is 1. The van der Waals surface area contributed by atoms with Crippen LogP contribution in [0.3, 0.4) is 0 Å². The van der Waals surface area contributed by atoms with Crippen molar-refractivity contribution in [2.45, 2.75) is 33.2 Å². The molecule has 0 bridgehead atoms. The van der Waals surface area contributed by atoms with Gasteiger partial charge in [-0.15, -0.1) is 12.4 Å². The molecule has 1 rings (SSSR count). The molecular weight excluding hydrogens is 188 g/mol. The predicted octanol–water partition coefficient (Wildman–Crippen LogP) is 1.01. The Morgan fingerprint density at radius 2 is 2.00 bits per heavy atom. The van der Waals surface area contributed by atoms with Gasteiger partial charge in [0.25, 0.3) is 0 Å². The van der Waals surface area contributed by atoms with E-state index < -0.39 is 0 Å². The number of nitrogens with two attached hydrogens (primary N) is 1. The number of halogens is 1. The summed E-state index contributed by atoms with van der Waals surface area (Å²) in [6.07, 6.45) is 0.946. The summed E-state index contributed by atoms with van der Waals surface area (Å²) in [5.74, 6) is 0.218. The molecule has 0 aromatic heterocycles. The van der Waals surface area contributed by atoms with Crippen molar-refractivity contribution < 1.29 is 4.79 Å². The summed E-state index contributed by atoms with van der Waals surface area (Å²) in [5.41, 5.74) is 5.45. The lowest BCUT2D eigenvalue weighted by Gasteiger charge is -2.25. The molecule has 1 atom stereocenters. The Hall–Kier alpha value is -0.280. The molecule has 0 aromatic carbocycles. The first-order valence-corrected chi connectivity index (χ1v) is 4.46. The first-order valence-electron chi connectivity index (χ1n) is 4.46. The summed E-state index contributed by atoms with van der Waals surface area (Å²) < 4.78 is 0. The molecule has 0 aliphatic carbocycles. The molecule has 2 N–H and O–H groups in total. The first kappa shape index (κ1) is 12.7. The van der Waals surface area contributed by atoms with E-state index in [-0.39, 0.29) is 29.8 Å². The van der Waals surface area contributed by atoms with E-state index in [9.17, 15) is 4.79 Å². The maximum absolute atomic E-state index is 11.7. The Kier molecular flexibility index (Phi) is 4.20. The molecule has 0 aromatic rings. The third-order valence-corrected chi connectivity index (χ3v) is 2.15. The van der Waals surface area contributed by atoms with E-state index in [0.29, 0.717) is 0 Å². The summed E-state index contributed by atoms with van der Waals surface area (Å²) >= 11 is 0. The van der Waals surface area contributed by atoms with E-state index in [1.807, 2.05) is 25.7 Å². The van der Waals surface area contributed by atoms with Crippen molar-refractivity contribution in [3.8, 4) is 0 Å². The number of hydrogen-bond donors (Lipinski definition) is 1. The number of rotatable bonds is 0. The van der Waals surface area contributed by atoms with Gasteiger partial charge in [0.05, 0.1) is 0 Å². The molecule has 78 valence electrons. The Morgan fingerprint density at radius 1 is 1.46 bits per heavy atom. The van der Waals surface area contributed by atoms with Crippen molar-refractivity contribution in [3.63, 3.8) is 0 Å². The van der Waals surface area contributed by atoms with Crippen molar-refractivity contribution in [2.75, 3.05) is 13.1 Å². The SMILES string of the molecule is CC(C)(C)C(=O)N1CCC(N)C1.Cl. The molecule has 1 amide bonds. The van der Waals surface area contributed by atoms with Gasteiger partial charge in [0, 0.05) is 24.5 Å². The zero-order valence-electron chi connectivity index (χ0n) is 8.54. The Morgan fingerprint density at radius 3 is 2.31 bits per heavy atom. The zero-order valence-corrected chi connectivity index (χ0v) is 9.36. The molecule has 1 aliphatic heterocycles. The third-order valence-electron chi connectivity index (χ3n) is 2.15. The van der Waals surface area contributed by atoms with E-state index in [0.717, 1.165) is 19.5 Å². The minimum Gasteiger partial charge on any atom is -0.341 e. The highest BCUT2D eigenvalue weighted by Gasteiger charge is 2.31. The van der Waals surface area contributed by atoms with E-state index in [2.05, 4.69) is 0 Å². The van der Waals surface area contributed by atoms with Gasteiger partial charge in [-0.1, -0.05) is 20.8 Å². The largest absolute Gasteiger partial charge is 0.341 e. The predicted molar refractivity (Wildman–Crippen MR) is 55.9 cm³/mol. The number of likely N-dealkylation sites (tertiary alicyclic amines) is 1. The summed E-state index contributed by atoms with van der Waals surface area (Å²) in [7, 11) is 0. The quantitative estimate of drug-likeness (QED) is 0.643. The standard InChI is InChI=1S/C9H18N2O.ClH/c1-9(2,3)8(12)11-5-4-7(10)6-11;/h7H,4-6,10H2,1-3H3;1H. The van der Waals surface area contributed by atoms with E-state index in [1.165, 1.54) is 0 Å². The highest BCUT2D eigenvalue weighted by Crippen LogP contribution is 2.20. The molecule has 0 spiro atoms. The van der Waals surface area contributed by atoms with E-state index in [1.54, 1.807) is 0 Å². The van der Waals surface area contributed by atoms with Crippen LogP contribution >= 0.6 is 12.4 Å². The molecule has 1 fully saturated rings. The van der Waals surface area contributed by atoms with Crippen LogP contribution in [0.5, 0.6) is 0 Å². The van der Waals surface area contributed by atoms with Crippen LogP contribution in [0.1, 0.15) is 27.2 Å². The molecule has 1 saturated heterocycles. The molecule has 1 heterocycles. The smallest absolute Gasteiger partial charge is 0.228 e. The molecule has 0 radical (unpaired) electrons. The zero-order chi connectivity index (χ0) is 9.35. The topological polar surface area (TPSA) is 46.3 Å². The van der Waals surface area contributed by atoms with Gasteiger partial charge in [0.15, 0.2) is 0 Å². The lowest BCUT2D eigenvalue weighted by molar-refractivity contribution is -0.138. The number of amides is 1. The summed E-state index contributed by atoms with van der Waals surface area (Å²) in [5, 5.41) is 0. The second-order valence-corrected chi connectivity index (χ2v) is 4.55. The van der Waals surface area contributed by atoms with Gasteiger partial charge in [-0.25, -0.2) is 0 Å². The average Bonchev–Trinajstić information content (AvgIpc) is 2.32. The number of carbonyl (C=O) groups is 1. The van der Waals surface area contributed by atoms with Crippen LogP contribution in [0.15, 0.2) is 0 Å². The summed E-state index contributed by atoms with van der Waals surface area (Å²) in [6.45, 7) is 7.39. The highest BCUT2D eigenvalue weighted by molar-refractivity contribution is 5.85. The van der Waals surface area contributed by atoms with Gasteiger partial charge in [-0.2, -0.15) is 0 Å². The van der Waals surface area contributed by atoms with E-state index in [4.69, 9.17) is 5.73 Å². The van der Waals surface area contributed by atoms with Crippen LogP contribution in [-0.2, 0) is 4.79 Å². The first-order chi connectivity index (χ1) is 5.41. The minimum atomic E-state index is -0.260. The second-order valence-electron chi connectivity index (χ2n) is 4.55. The van der Waals surface area contributed by atoms with Gasteiger partial charge < -0.3 is 10.6 Å². The van der Waals surface area contributed by atoms with Gasteiger partial charge in [-0.05, 0) is 6.42 Å². The van der Waals surface area contributed by atoms with Crippen molar-refractivity contribution in [3.05, 3.63) is 0 Å². The van der Waals surface area contributed by atoms with Crippen LogP contribution in [0.4, 0.5) is 0 Å². The van der Waals surface area contributed by atoms with E-state index >= 15 is 0 Å². The fourth-order valence-corrected chi connectivity index (χ4v) is 1.45. The Balaban J connectivity index is 0.00000144. The van der Waals surface area contributed by atoms with Crippen molar-refractivity contribution in [1.29, 1.82) is 0 Å². The third kappa shape index (κ3) is 3.16. The van der Waals surface area contributed by atoms with Crippen LogP contribution in [0, 0.1) is 5.41 Å². The van der Waals surface area contributed by atoms with Crippen LogP contribution < -0.4 is 5.73 Å². The average molecular weight is 207 g/mol. The van der Waals surface area contributed by atoms with Crippen LogP contribution in [-0.4, -0.2) is 29.9 Å². The number of hydrogen-bond acceptors (Lipinski definition) is 2. The summed E-state index contributed by atoms with van der Waals surface area (Å²) in [4.78, 5) is 13.5. The van der Waals surface area contributed by atoms with Crippen LogP contribution in [0.25, 0.3) is 0 Å². The summed E-state index contributed by atoms with van der Waals surface area (Å²) in [6, 6.07) is 0.191. The monoisotopic (exact) mass is 206 g/mol. The second kappa shape index (κ2) is 4.29. The molecule has 4 heteroatoms.